The maximum Gasteiger partial charge on any atom is 0.349 e. The normalized spacial score (nSPS) is 10.3. The highest BCUT2D eigenvalue weighted by Gasteiger charge is 2.08. The van der Waals surface area contributed by atoms with Gasteiger partial charge in [-0.05, 0) is 47.5 Å². The van der Waals surface area contributed by atoms with Crippen LogP contribution in [0.4, 0.5) is 5.69 Å². The Labute approximate surface area is 161 Å². The van der Waals surface area contributed by atoms with E-state index in [9.17, 15) is 14.4 Å². The SMILES string of the molecule is CC(=O)Nc1cccc(-n2cc(-c3ccc(C(=O)OS)cc3)ccc2=O)c1. The Morgan fingerprint density at radius 3 is 2.37 bits per heavy atom. The van der Waals surface area contributed by atoms with E-state index in [1.54, 1.807) is 60.8 Å². The second kappa shape index (κ2) is 7.92. The first kappa shape index (κ1) is 18.5. The number of carbonyl (C=O) groups excluding carboxylic acids is 2. The third kappa shape index (κ3) is 4.27. The molecule has 6 nitrogen and oxygen atoms in total. The Balaban J connectivity index is 1.99. The summed E-state index contributed by atoms with van der Waals surface area (Å²) in [5, 5.41) is 2.70. The minimum Gasteiger partial charge on any atom is -0.391 e. The smallest absolute Gasteiger partial charge is 0.349 e. The molecule has 0 aliphatic carbocycles. The second-order valence-electron chi connectivity index (χ2n) is 5.81. The maximum atomic E-state index is 12.3. The van der Waals surface area contributed by atoms with E-state index in [-0.39, 0.29) is 11.5 Å². The summed E-state index contributed by atoms with van der Waals surface area (Å²) >= 11 is 3.50. The molecule has 136 valence electrons. The molecule has 0 saturated heterocycles. The molecule has 0 aliphatic rings. The summed E-state index contributed by atoms with van der Waals surface area (Å²) in [6.07, 6.45) is 1.71. The fourth-order valence-corrected chi connectivity index (χ4v) is 2.75. The number of hydrogen-bond donors (Lipinski definition) is 2. The number of nitrogens with one attached hydrogen (secondary N) is 1. The molecule has 3 aromatic rings. The molecule has 2 aromatic carbocycles. The number of thiol groups is 1. The van der Waals surface area contributed by atoms with Crippen molar-refractivity contribution in [2.24, 2.45) is 0 Å². The van der Waals surface area contributed by atoms with Crippen molar-refractivity contribution in [2.75, 3.05) is 5.32 Å². The number of nitrogens with zero attached hydrogens (tertiary/aromatic N) is 1. The number of rotatable bonds is 4. The van der Waals surface area contributed by atoms with E-state index in [1.807, 2.05) is 0 Å². The van der Waals surface area contributed by atoms with E-state index >= 15 is 0 Å². The molecule has 0 fully saturated rings. The van der Waals surface area contributed by atoms with Crippen LogP contribution in [0.5, 0.6) is 0 Å². The highest BCUT2D eigenvalue weighted by Crippen LogP contribution is 2.21. The molecular formula is C20H16N2O4S. The van der Waals surface area contributed by atoms with E-state index in [0.29, 0.717) is 16.9 Å². The first-order valence-electron chi connectivity index (χ1n) is 8.05. The van der Waals surface area contributed by atoms with E-state index in [0.717, 1.165) is 11.1 Å². The van der Waals surface area contributed by atoms with Crippen LogP contribution in [-0.4, -0.2) is 16.4 Å². The molecule has 0 aliphatic heterocycles. The molecule has 0 saturated carbocycles. The number of benzene rings is 2. The summed E-state index contributed by atoms with van der Waals surface area (Å²) in [6, 6.07) is 17.0. The van der Waals surface area contributed by atoms with Gasteiger partial charge in [0.2, 0.25) is 5.91 Å². The number of amides is 1. The van der Waals surface area contributed by atoms with Gasteiger partial charge in [0.25, 0.3) is 5.56 Å². The van der Waals surface area contributed by atoms with Crippen LogP contribution in [0.15, 0.2) is 71.7 Å². The molecule has 0 bridgehead atoms. The number of pyridine rings is 1. The lowest BCUT2D eigenvalue weighted by molar-refractivity contribution is -0.114. The van der Waals surface area contributed by atoms with Crippen molar-refractivity contribution in [3.05, 3.63) is 82.8 Å². The summed E-state index contributed by atoms with van der Waals surface area (Å²) in [4.78, 5) is 35.1. The average molecular weight is 380 g/mol. The molecule has 1 heterocycles. The standard InChI is InChI=1S/C20H16N2O4S/c1-13(23)21-17-3-2-4-18(11-17)22-12-16(9-10-19(22)24)14-5-7-15(8-6-14)20(25)26-27/h2-12,27H,1H3,(H,21,23). The van der Waals surface area contributed by atoms with Crippen LogP contribution in [0, 0.1) is 0 Å². The lowest BCUT2D eigenvalue weighted by Crippen LogP contribution is -2.17. The lowest BCUT2D eigenvalue weighted by atomic mass is 10.1. The topological polar surface area (TPSA) is 77.4 Å². The van der Waals surface area contributed by atoms with Crippen molar-refractivity contribution < 1.29 is 13.8 Å². The first-order chi connectivity index (χ1) is 13.0. The quantitative estimate of drug-likeness (QED) is 0.537. The van der Waals surface area contributed by atoms with E-state index in [2.05, 4.69) is 22.4 Å². The number of anilines is 1. The summed E-state index contributed by atoms with van der Waals surface area (Å²) in [6.45, 7) is 1.42. The minimum atomic E-state index is -0.537. The van der Waals surface area contributed by atoms with Crippen molar-refractivity contribution in [3.63, 3.8) is 0 Å². The molecule has 1 N–H and O–H groups in total. The van der Waals surface area contributed by atoms with Crippen LogP contribution in [0.2, 0.25) is 0 Å². The fraction of sp³-hybridized carbons (Fsp3) is 0.0500. The predicted molar refractivity (Wildman–Crippen MR) is 106 cm³/mol. The van der Waals surface area contributed by atoms with Gasteiger partial charge in [0.15, 0.2) is 0 Å². The van der Waals surface area contributed by atoms with Crippen LogP contribution in [0.1, 0.15) is 17.3 Å². The van der Waals surface area contributed by atoms with Crippen LogP contribution in [-0.2, 0) is 8.98 Å². The van der Waals surface area contributed by atoms with Gasteiger partial charge in [-0.1, -0.05) is 18.2 Å². The Kier molecular flexibility index (Phi) is 5.42. The molecule has 7 heteroatoms. The van der Waals surface area contributed by atoms with Gasteiger partial charge in [-0.3, -0.25) is 14.2 Å². The average Bonchev–Trinajstić information content (AvgIpc) is 2.67. The summed E-state index contributed by atoms with van der Waals surface area (Å²) in [7, 11) is 0. The maximum absolute atomic E-state index is 12.3. The fourth-order valence-electron chi connectivity index (χ4n) is 2.65. The summed E-state index contributed by atoms with van der Waals surface area (Å²) < 4.78 is 5.89. The highest BCUT2D eigenvalue weighted by molar-refractivity contribution is 7.75. The molecule has 0 unspecified atom stereocenters. The van der Waals surface area contributed by atoms with E-state index in [1.165, 1.54) is 17.6 Å². The molecule has 1 aromatic heterocycles. The van der Waals surface area contributed by atoms with Gasteiger partial charge in [-0.2, -0.15) is 0 Å². The van der Waals surface area contributed by atoms with Crippen LogP contribution in [0.3, 0.4) is 0 Å². The lowest BCUT2D eigenvalue weighted by Gasteiger charge is -2.11. The molecule has 27 heavy (non-hydrogen) atoms. The zero-order valence-electron chi connectivity index (χ0n) is 14.4. The molecule has 1 amide bonds. The van der Waals surface area contributed by atoms with Crippen molar-refractivity contribution in [3.8, 4) is 16.8 Å². The number of carbonyl (C=O) groups is 2. The zero-order chi connectivity index (χ0) is 19.4. The highest BCUT2D eigenvalue weighted by atomic mass is 32.1. The number of hydrogen-bond acceptors (Lipinski definition) is 5. The molecule has 3 rings (SSSR count). The van der Waals surface area contributed by atoms with E-state index in [4.69, 9.17) is 0 Å². The predicted octanol–water partition coefficient (Wildman–Crippen LogP) is 3.46. The molecule has 0 atom stereocenters. The Hall–Kier alpha value is -3.32. The Morgan fingerprint density at radius 2 is 1.70 bits per heavy atom. The molecule has 0 radical (unpaired) electrons. The van der Waals surface area contributed by atoms with Gasteiger partial charge in [-0.25, -0.2) is 4.79 Å². The Bertz CT molecular complexity index is 1060. The van der Waals surface area contributed by atoms with Crippen LogP contribution >= 0.6 is 12.9 Å². The summed E-state index contributed by atoms with van der Waals surface area (Å²) in [5.41, 5.74) is 3.04. The van der Waals surface area contributed by atoms with Gasteiger partial charge in [0.05, 0.1) is 11.3 Å². The van der Waals surface area contributed by atoms with E-state index < -0.39 is 5.97 Å². The Morgan fingerprint density at radius 1 is 1.00 bits per heavy atom. The molecular weight excluding hydrogens is 364 g/mol. The van der Waals surface area contributed by atoms with Crippen LogP contribution in [0.25, 0.3) is 16.8 Å². The third-order valence-electron chi connectivity index (χ3n) is 3.89. The van der Waals surface area contributed by atoms with Gasteiger partial charge in [-0.15, -0.1) is 0 Å². The monoisotopic (exact) mass is 380 g/mol. The minimum absolute atomic E-state index is 0.187. The van der Waals surface area contributed by atoms with Crippen molar-refractivity contribution in [1.82, 2.24) is 4.57 Å². The third-order valence-corrected chi connectivity index (χ3v) is 4.06. The van der Waals surface area contributed by atoms with Gasteiger partial charge in [0, 0.05) is 37.8 Å². The van der Waals surface area contributed by atoms with Gasteiger partial charge in [0.1, 0.15) is 0 Å². The van der Waals surface area contributed by atoms with Crippen LogP contribution < -0.4 is 10.9 Å². The van der Waals surface area contributed by atoms with Gasteiger partial charge >= 0.3 is 5.97 Å². The first-order valence-corrected chi connectivity index (χ1v) is 8.41. The second-order valence-corrected chi connectivity index (χ2v) is 6.00. The van der Waals surface area contributed by atoms with Crippen molar-refractivity contribution in [2.45, 2.75) is 6.92 Å². The van der Waals surface area contributed by atoms with Gasteiger partial charge < -0.3 is 9.50 Å². The molecule has 0 spiro atoms. The number of aromatic nitrogens is 1. The van der Waals surface area contributed by atoms with Crippen molar-refractivity contribution >= 4 is 30.5 Å². The van der Waals surface area contributed by atoms with Crippen molar-refractivity contribution in [1.29, 1.82) is 0 Å². The summed E-state index contributed by atoms with van der Waals surface area (Å²) in [5.74, 6) is -0.724. The zero-order valence-corrected chi connectivity index (χ0v) is 15.3. The largest absolute Gasteiger partial charge is 0.391 e.